The Balaban J connectivity index is 2.36. The molecule has 0 aromatic carbocycles. The molecule has 1 N–H and O–H groups in total. The zero-order valence-corrected chi connectivity index (χ0v) is 9.44. The molecule has 1 unspecified atom stereocenters. The zero-order valence-electron chi connectivity index (χ0n) is 9.44. The molecule has 1 fully saturated rings. The van der Waals surface area contributed by atoms with E-state index in [-0.39, 0.29) is 12.8 Å². The quantitative estimate of drug-likeness (QED) is 0.904. The summed E-state index contributed by atoms with van der Waals surface area (Å²) in [5.41, 5.74) is -1.48. The summed E-state index contributed by atoms with van der Waals surface area (Å²) < 4.78 is 39.2. The van der Waals surface area contributed by atoms with E-state index < -0.39 is 29.9 Å². The van der Waals surface area contributed by atoms with E-state index in [0.717, 1.165) is 0 Å². The van der Waals surface area contributed by atoms with Gasteiger partial charge in [0.05, 0.1) is 11.8 Å². The molecule has 0 amide bonds. The maximum Gasteiger partial charge on any atom is 0.395 e. The normalized spacial score (nSPS) is 19.3. The van der Waals surface area contributed by atoms with Crippen molar-refractivity contribution in [1.82, 2.24) is 4.98 Å². The zero-order chi connectivity index (χ0) is 13.4. The number of carboxylic acids is 1. The minimum Gasteiger partial charge on any atom is -0.481 e. The molecule has 18 heavy (non-hydrogen) atoms. The summed E-state index contributed by atoms with van der Waals surface area (Å²) in [7, 11) is 0. The third kappa shape index (κ3) is 2.19. The van der Waals surface area contributed by atoms with Crippen molar-refractivity contribution < 1.29 is 23.1 Å². The number of nitrogens with zero attached hydrogens (tertiary/aromatic N) is 1. The van der Waals surface area contributed by atoms with Crippen LogP contribution in [0.1, 0.15) is 30.7 Å². The maximum absolute atomic E-state index is 13.1. The Morgan fingerprint density at radius 3 is 2.33 bits per heavy atom. The largest absolute Gasteiger partial charge is 0.481 e. The van der Waals surface area contributed by atoms with Crippen molar-refractivity contribution in [2.45, 2.75) is 31.4 Å². The van der Waals surface area contributed by atoms with Gasteiger partial charge in [0.2, 0.25) is 0 Å². The molecular formula is C12H12F3NO2. The monoisotopic (exact) mass is 259 g/mol. The van der Waals surface area contributed by atoms with E-state index in [1.54, 1.807) is 0 Å². The van der Waals surface area contributed by atoms with Gasteiger partial charge in [0.15, 0.2) is 0 Å². The fourth-order valence-electron chi connectivity index (χ4n) is 2.37. The average molecular weight is 259 g/mol. The first-order chi connectivity index (χ1) is 8.37. The van der Waals surface area contributed by atoms with Gasteiger partial charge in [0.25, 0.3) is 0 Å². The number of halogens is 3. The maximum atomic E-state index is 13.1. The summed E-state index contributed by atoms with van der Waals surface area (Å²) in [6, 6.07) is 2.92. The van der Waals surface area contributed by atoms with Gasteiger partial charge < -0.3 is 5.11 Å². The van der Waals surface area contributed by atoms with Crippen molar-refractivity contribution in [2.24, 2.45) is 5.41 Å². The molecule has 6 heteroatoms. The van der Waals surface area contributed by atoms with Crippen LogP contribution in [0.4, 0.5) is 13.2 Å². The van der Waals surface area contributed by atoms with Crippen LogP contribution in [0.5, 0.6) is 0 Å². The lowest BCUT2D eigenvalue weighted by molar-refractivity contribution is -0.195. The fourth-order valence-corrected chi connectivity index (χ4v) is 2.37. The Morgan fingerprint density at radius 1 is 1.39 bits per heavy atom. The fraction of sp³-hybridized carbons (Fsp3) is 0.500. The molecule has 0 saturated heterocycles. The predicted molar refractivity (Wildman–Crippen MR) is 57.0 cm³/mol. The Bertz CT molecular complexity index is 440. The number of carbonyl (C=O) groups is 1. The molecule has 1 saturated carbocycles. The molecule has 1 aliphatic carbocycles. The Labute approximate surface area is 102 Å². The molecule has 1 aromatic rings. The number of carboxylic acid groups (broad SMARTS) is 1. The van der Waals surface area contributed by atoms with Crippen LogP contribution in [-0.4, -0.2) is 22.2 Å². The van der Waals surface area contributed by atoms with Crippen LogP contribution in [0.3, 0.4) is 0 Å². The summed E-state index contributed by atoms with van der Waals surface area (Å²) in [4.78, 5) is 14.5. The van der Waals surface area contributed by atoms with Crippen LogP contribution in [0.15, 0.2) is 24.5 Å². The Kier molecular flexibility index (Phi) is 3.04. The number of hydrogen-bond acceptors (Lipinski definition) is 2. The number of rotatable bonds is 4. The van der Waals surface area contributed by atoms with E-state index in [2.05, 4.69) is 4.98 Å². The molecule has 0 radical (unpaired) electrons. The number of hydrogen-bond donors (Lipinski definition) is 1. The molecule has 1 aliphatic rings. The third-order valence-electron chi connectivity index (χ3n) is 3.51. The highest BCUT2D eigenvalue weighted by Crippen LogP contribution is 2.66. The summed E-state index contributed by atoms with van der Waals surface area (Å²) >= 11 is 0. The molecule has 0 bridgehead atoms. The molecule has 1 atom stereocenters. The lowest BCUT2D eigenvalue weighted by Crippen LogP contribution is -2.32. The summed E-state index contributed by atoms with van der Waals surface area (Å²) in [5.74, 6) is -2.25. The molecule has 2 rings (SSSR count). The number of alkyl halides is 3. The van der Waals surface area contributed by atoms with Gasteiger partial charge in [-0.3, -0.25) is 9.78 Å². The Hall–Kier alpha value is -1.59. The minimum atomic E-state index is -4.36. The first-order valence-electron chi connectivity index (χ1n) is 5.55. The molecule has 0 aliphatic heterocycles. The highest BCUT2D eigenvalue weighted by Gasteiger charge is 2.67. The van der Waals surface area contributed by atoms with Crippen LogP contribution in [0.2, 0.25) is 0 Å². The van der Waals surface area contributed by atoms with Crippen molar-refractivity contribution in [3.8, 4) is 0 Å². The molecule has 1 heterocycles. The first kappa shape index (κ1) is 12.9. The minimum absolute atomic E-state index is 0.00320. The van der Waals surface area contributed by atoms with E-state index in [1.165, 1.54) is 24.5 Å². The predicted octanol–water partition coefficient (Wildman–Crippen LogP) is 2.98. The van der Waals surface area contributed by atoms with Gasteiger partial charge in [-0.25, -0.2) is 0 Å². The molecule has 98 valence electrons. The van der Waals surface area contributed by atoms with Crippen molar-refractivity contribution in [3.63, 3.8) is 0 Å². The van der Waals surface area contributed by atoms with E-state index in [1.807, 2.05) is 0 Å². The van der Waals surface area contributed by atoms with Gasteiger partial charge in [-0.2, -0.15) is 13.2 Å². The number of aromatic nitrogens is 1. The summed E-state index contributed by atoms with van der Waals surface area (Å²) in [6.07, 6.45) is -2.11. The highest BCUT2D eigenvalue weighted by atomic mass is 19.4. The first-order valence-corrected chi connectivity index (χ1v) is 5.55. The second-order valence-electron chi connectivity index (χ2n) is 4.58. The SMILES string of the molecule is O=C(O)CC(c1ccncc1)C1(C(F)(F)F)CC1. The molecule has 0 spiro atoms. The summed E-state index contributed by atoms with van der Waals surface area (Å²) in [6.45, 7) is 0. The highest BCUT2D eigenvalue weighted by molar-refractivity contribution is 5.68. The van der Waals surface area contributed by atoms with Crippen molar-refractivity contribution >= 4 is 5.97 Å². The van der Waals surface area contributed by atoms with Crippen molar-refractivity contribution in [2.75, 3.05) is 0 Å². The second kappa shape index (κ2) is 4.26. The van der Waals surface area contributed by atoms with Gasteiger partial charge in [-0.15, -0.1) is 0 Å². The average Bonchev–Trinajstić information content (AvgIpc) is 3.07. The third-order valence-corrected chi connectivity index (χ3v) is 3.51. The van der Waals surface area contributed by atoms with Gasteiger partial charge in [0.1, 0.15) is 0 Å². The van der Waals surface area contributed by atoms with Crippen LogP contribution in [-0.2, 0) is 4.79 Å². The van der Waals surface area contributed by atoms with Crippen LogP contribution >= 0.6 is 0 Å². The lowest BCUT2D eigenvalue weighted by atomic mass is 9.80. The lowest BCUT2D eigenvalue weighted by Gasteiger charge is -2.28. The van der Waals surface area contributed by atoms with Gasteiger partial charge in [0, 0.05) is 18.3 Å². The van der Waals surface area contributed by atoms with Gasteiger partial charge >= 0.3 is 12.1 Å². The van der Waals surface area contributed by atoms with Gasteiger partial charge in [-0.1, -0.05) is 0 Å². The van der Waals surface area contributed by atoms with E-state index in [4.69, 9.17) is 5.11 Å². The molecule has 1 aromatic heterocycles. The van der Waals surface area contributed by atoms with E-state index in [0.29, 0.717) is 5.56 Å². The van der Waals surface area contributed by atoms with Crippen molar-refractivity contribution in [3.05, 3.63) is 30.1 Å². The van der Waals surface area contributed by atoms with E-state index in [9.17, 15) is 18.0 Å². The van der Waals surface area contributed by atoms with Crippen LogP contribution in [0.25, 0.3) is 0 Å². The topological polar surface area (TPSA) is 50.2 Å². The van der Waals surface area contributed by atoms with Gasteiger partial charge in [-0.05, 0) is 30.5 Å². The number of pyridine rings is 1. The van der Waals surface area contributed by atoms with Crippen LogP contribution < -0.4 is 0 Å². The Morgan fingerprint density at radius 2 is 1.94 bits per heavy atom. The van der Waals surface area contributed by atoms with Crippen LogP contribution in [0, 0.1) is 5.41 Å². The standard InChI is InChI=1S/C12H12F3NO2/c13-12(14,15)11(3-4-11)9(7-10(17)18)8-1-5-16-6-2-8/h1-2,5-6,9H,3-4,7H2,(H,17,18). The van der Waals surface area contributed by atoms with E-state index >= 15 is 0 Å². The molecular weight excluding hydrogens is 247 g/mol. The molecule has 3 nitrogen and oxygen atoms in total. The summed E-state index contributed by atoms with van der Waals surface area (Å²) in [5, 5.41) is 8.82. The number of aliphatic carboxylic acids is 1. The van der Waals surface area contributed by atoms with Crippen molar-refractivity contribution in [1.29, 1.82) is 0 Å². The second-order valence-corrected chi connectivity index (χ2v) is 4.58. The smallest absolute Gasteiger partial charge is 0.395 e.